The normalized spacial score (nSPS) is 11.2. The van der Waals surface area contributed by atoms with Crippen molar-refractivity contribution in [3.63, 3.8) is 0 Å². The number of nitrogens with zero attached hydrogens (tertiary/aromatic N) is 3. The summed E-state index contributed by atoms with van der Waals surface area (Å²) >= 11 is 3.60. The van der Waals surface area contributed by atoms with Crippen molar-refractivity contribution < 1.29 is 85.5 Å². The van der Waals surface area contributed by atoms with E-state index in [0.717, 1.165) is 50.9 Å². The van der Waals surface area contributed by atoms with Gasteiger partial charge in [0.15, 0.2) is 0 Å². The van der Waals surface area contributed by atoms with Gasteiger partial charge in [0.1, 0.15) is 5.52 Å². The molecule has 0 amide bonds. The van der Waals surface area contributed by atoms with Gasteiger partial charge in [0.25, 0.3) is 0 Å². The molecule has 1 aromatic carbocycles. The van der Waals surface area contributed by atoms with E-state index in [1.807, 2.05) is 12.1 Å². The molecule has 2 aromatic rings. The zero-order valence-corrected chi connectivity index (χ0v) is 27.0. The molecule has 0 radical (unpaired) electrons. The molecule has 1 aliphatic heterocycles. The third-order valence-corrected chi connectivity index (χ3v) is 4.01. The number of aliphatic imine (C=N–C) groups is 1. The summed E-state index contributed by atoms with van der Waals surface area (Å²) in [5, 5.41) is 0. The molecule has 1 aliphatic rings. The quantitative estimate of drug-likeness (QED) is 0.396. The van der Waals surface area contributed by atoms with Crippen molar-refractivity contribution in [2.75, 3.05) is 6.54 Å². The summed E-state index contributed by atoms with van der Waals surface area (Å²) in [4.78, 5) is 13.1. The third kappa shape index (κ3) is 7.02. The molecule has 25 heavy (non-hydrogen) atoms. The van der Waals surface area contributed by atoms with Crippen LogP contribution in [0.4, 0.5) is 0 Å². The molecule has 0 bridgehead atoms. The summed E-state index contributed by atoms with van der Waals surface area (Å²) in [5.41, 5.74) is 5.56. The largest absolute Gasteiger partial charge is 0.284 e. The summed E-state index contributed by atoms with van der Waals surface area (Å²) in [6, 6.07) is 3.95. The summed E-state index contributed by atoms with van der Waals surface area (Å²) in [7, 11) is 0. The fraction of sp³-hybridized carbons (Fsp3) is 0.235. The van der Waals surface area contributed by atoms with Gasteiger partial charge >= 0.3 is 0 Å². The van der Waals surface area contributed by atoms with Gasteiger partial charge in [0.2, 0.25) is 0 Å². The SMILES string of the molecule is C.C.C=C1CCN=C1C(=C)c1ccc2nccnc2c1Br.[He].[Hf].[Hf].[Hg]. The monoisotopic (exact) mass is 911 g/mol. The van der Waals surface area contributed by atoms with Gasteiger partial charge in [-0.05, 0) is 39.6 Å². The van der Waals surface area contributed by atoms with Crippen LogP contribution in [0, 0.1) is 6.15 Å². The van der Waals surface area contributed by atoms with E-state index in [-0.39, 0.29) is 100 Å². The average molecular weight is 908 g/mol. The van der Waals surface area contributed by atoms with Gasteiger partial charge in [-0.1, -0.05) is 34.1 Å². The van der Waals surface area contributed by atoms with E-state index in [2.05, 4.69) is 44.0 Å². The van der Waals surface area contributed by atoms with Crippen LogP contribution >= 0.6 is 15.9 Å². The maximum atomic E-state index is 4.47. The van der Waals surface area contributed by atoms with E-state index in [9.17, 15) is 0 Å². The van der Waals surface area contributed by atoms with E-state index in [1.54, 1.807) is 12.4 Å². The number of fused-ring (bicyclic) bond motifs is 1. The Morgan fingerprint density at radius 2 is 1.68 bits per heavy atom. The summed E-state index contributed by atoms with van der Waals surface area (Å²) in [6.45, 7) is 9.00. The van der Waals surface area contributed by atoms with Crippen molar-refractivity contribution in [2.24, 2.45) is 4.99 Å². The van der Waals surface area contributed by atoms with Crippen LogP contribution < -0.4 is 0 Å². The van der Waals surface area contributed by atoms with Crippen molar-refractivity contribution in [2.45, 2.75) is 21.3 Å². The molecule has 122 valence electrons. The molecular formula is C17H20BrHeHf2HgN3. The second-order valence-electron chi connectivity index (χ2n) is 4.41. The van der Waals surface area contributed by atoms with Gasteiger partial charge in [-0.15, -0.1) is 0 Å². The molecule has 0 fully saturated rings. The Hall–Kier alpha value is 0.774. The number of halogens is 1. The molecule has 0 spiro atoms. The van der Waals surface area contributed by atoms with E-state index in [0.29, 0.717) is 0 Å². The predicted molar refractivity (Wildman–Crippen MR) is 95.8 cm³/mol. The minimum absolute atomic E-state index is 0. The summed E-state index contributed by atoms with van der Waals surface area (Å²) in [5.74, 6) is 0. The number of benzene rings is 1. The fourth-order valence-corrected chi connectivity index (χ4v) is 2.88. The Morgan fingerprint density at radius 3 is 2.24 bits per heavy atom. The summed E-state index contributed by atoms with van der Waals surface area (Å²) in [6.07, 6.45) is 4.29. The van der Waals surface area contributed by atoms with E-state index in [4.69, 9.17) is 0 Å². The van der Waals surface area contributed by atoms with Gasteiger partial charge in [-0.3, -0.25) is 15.0 Å². The Morgan fingerprint density at radius 1 is 1.08 bits per heavy atom. The molecule has 8 heteroatoms. The Bertz CT molecular complexity index is 754. The van der Waals surface area contributed by atoms with Gasteiger partial charge in [-0.2, -0.15) is 0 Å². The van der Waals surface area contributed by atoms with Crippen molar-refractivity contribution in [1.82, 2.24) is 9.97 Å². The van der Waals surface area contributed by atoms with Crippen LogP contribution in [-0.2, 0) is 79.4 Å². The minimum Gasteiger partial charge on any atom is -0.284 e. The van der Waals surface area contributed by atoms with E-state index >= 15 is 0 Å². The molecule has 2 heterocycles. The van der Waals surface area contributed by atoms with Gasteiger partial charge in [0, 0.05) is 110 Å². The predicted octanol–water partition coefficient (Wildman–Crippen LogP) is 5.07. The number of aromatic nitrogens is 2. The standard InChI is InChI=1S/C15H12BrN3.2CH4.He.2Hf.Hg/c1-9-5-6-18-14(9)10(2)11-3-4-12-15(13(11)16)19-8-7-17-12;;;;;;/h3-4,7-8H,1-2,5-6H2;2*1H4;;;;. The smallest absolute Gasteiger partial charge is 0.103 e. The number of hydrogen-bond donors (Lipinski definition) is 0. The molecule has 0 atom stereocenters. The maximum Gasteiger partial charge on any atom is 0.103 e. The van der Waals surface area contributed by atoms with Crippen LogP contribution in [-0.4, -0.2) is 22.2 Å². The number of allylic oxidation sites excluding steroid dienone is 1. The molecule has 0 saturated carbocycles. The molecule has 3 nitrogen and oxygen atoms in total. The molecule has 0 N–H and O–H groups in total. The maximum absolute atomic E-state index is 4.47. The van der Waals surface area contributed by atoms with E-state index in [1.165, 1.54) is 0 Å². The zero-order chi connectivity index (χ0) is 13.4. The first kappa shape index (κ1) is 33.4. The van der Waals surface area contributed by atoms with Crippen LogP contribution in [0.1, 0.15) is 26.8 Å². The molecule has 0 unspecified atom stereocenters. The van der Waals surface area contributed by atoms with Gasteiger partial charge in [-0.25, -0.2) is 0 Å². The van der Waals surface area contributed by atoms with Crippen LogP contribution in [0.15, 0.2) is 52.7 Å². The zero-order valence-electron chi connectivity index (χ0n) is 12.8. The van der Waals surface area contributed by atoms with Crippen molar-refractivity contribution in [3.8, 4) is 0 Å². The number of rotatable bonds is 2. The Labute approximate surface area is 217 Å². The van der Waals surface area contributed by atoms with Gasteiger partial charge in [0.05, 0.1) is 15.7 Å². The second-order valence-corrected chi connectivity index (χ2v) is 5.21. The minimum atomic E-state index is 0. The van der Waals surface area contributed by atoms with Crippen molar-refractivity contribution >= 4 is 38.2 Å². The van der Waals surface area contributed by atoms with Crippen LogP contribution in [0.3, 0.4) is 0 Å². The molecule has 3 rings (SSSR count). The molecule has 0 saturated heterocycles. The fourth-order valence-electron chi connectivity index (χ4n) is 2.21. The Balaban J connectivity index is -0.000000367. The molecule has 0 aliphatic carbocycles. The van der Waals surface area contributed by atoms with Crippen LogP contribution in [0.2, 0.25) is 0 Å². The first-order valence-electron chi connectivity index (χ1n) is 6.00. The first-order chi connectivity index (χ1) is 9.18. The Kier molecular flexibility index (Phi) is 19.7. The summed E-state index contributed by atoms with van der Waals surface area (Å²) < 4.78 is 0.908. The van der Waals surface area contributed by atoms with Crippen molar-refractivity contribution in [1.29, 1.82) is 0 Å². The molecular weight excluding hydrogens is 888 g/mol. The van der Waals surface area contributed by atoms with E-state index < -0.39 is 0 Å². The first-order valence-corrected chi connectivity index (χ1v) is 6.79. The number of hydrogen-bond acceptors (Lipinski definition) is 3. The average Bonchev–Trinajstić information content (AvgIpc) is 2.85. The topological polar surface area (TPSA) is 38.1 Å². The van der Waals surface area contributed by atoms with Crippen LogP contribution in [0.5, 0.6) is 0 Å². The molecule has 1 aromatic heterocycles. The van der Waals surface area contributed by atoms with Crippen LogP contribution in [0.25, 0.3) is 16.6 Å². The van der Waals surface area contributed by atoms with Gasteiger partial charge < -0.3 is 0 Å². The van der Waals surface area contributed by atoms with Crippen molar-refractivity contribution in [3.05, 3.63) is 53.3 Å². The third-order valence-electron chi connectivity index (χ3n) is 3.21. The second kappa shape index (κ2) is 14.8.